The SMILES string of the molecule is Cc1cc(C)c(CNCC(O)C(N)=O)cc1C. The second kappa shape index (κ2) is 5.80. The van der Waals surface area contributed by atoms with Gasteiger partial charge in [-0.2, -0.15) is 0 Å². The lowest BCUT2D eigenvalue weighted by molar-refractivity contribution is -0.125. The molecule has 1 rings (SSSR count). The summed E-state index contributed by atoms with van der Waals surface area (Å²) in [5.41, 5.74) is 9.84. The third kappa shape index (κ3) is 3.84. The Morgan fingerprint density at radius 3 is 2.47 bits per heavy atom. The van der Waals surface area contributed by atoms with E-state index >= 15 is 0 Å². The molecule has 0 aliphatic heterocycles. The van der Waals surface area contributed by atoms with E-state index in [0.717, 1.165) is 0 Å². The van der Waals surface area contributed by atoms with Crippen LogP contribution < -0.4 is 11.1 Å². The monoisotopic (exact) mass is 236 g/mol. The Bertz CT molecular complexity index is 416. The number of primary amides is 1. The molecule has 1 aromatic rings. The van der Waals surface area contributed by atoms with Gasteiger partial charge in [-0.1, -0.05) is 12.1 Å². The molecule has 0 aliphatic carbocycles. The van der Waals surface area contributed by atoms with Crippen LogP contribution in [0.4, 0.5) is 0 Å². The van der Waals surface area contributed by atoms with Crippen LogP contribution in [0.5, 0.6) is 0 Å². The highest BCUT2D eigenvalue weighted by Gasteiger charge is 2.10. The second-order valence-electron chi connectivity index (χ2n) is 4.41. The van der Waals surface area contributed by atoms with Gasteiger partial charge in [0.05, 0.1) is 0 Å². The van der Waals surface area contributed by atoms with Crippen molar-refractivity contribution in [2.24, 2.45) is 5.73 Å². The molecule has 94 valence electrons. The Kier molecular flexibility index (Phi) is 4.66. The van der Waals surface area contributed by atoms with E-state index in [1.54, 1.807) is 0 Å². The minimum atomic E-state index is -1.12. The van der Waals surface area contributed by atoms with Gasteiger partial charge in [-0.25, -0.2) is 0 Å². The summed E-state index contributed by atoms with van der Waals surface area (Å²) >= 11 is 0. The Labute approximate surface area is 102 Å². The van der Waals surface area contributed by atoms with Crippen LogP contribution in [0.15, 0.2) is 12.1 Å². The summed E-state index contributed by atoms with van der Waals surface area (Å²) in [6.07, 6.45) is -1.12. The van der Waals surface area contributed by atoms with E-state index < -0.39 is 12.0 Å². The van der Waals surface area contributed by atoms with Gasteiger partial charge in [0.15, 0.2) is 0 Å². The van der Waals surface area contributed by atoms with E-state index in [1.165, 1.54) is 22.3 Å². The van der Waals surface area contributed by atoms with Gasteiger partial charge < -0.3 is 16.2 Å². The highest BCUT2D eigenvalue weighted by molar-refractivity contribution is 5.78. The first-order valence-electron chi connectivity index (χ1n) is 5.66. The number of hydrogen-bond acceptors (Lipinski definition) is 3. The van der Waals surface area contributed by atoms with Crippen molar-refractivity contribution in [1.29, 1.82) is 0 Å². The maximum Gasteiger partial charge on any atom is 0.247 e. The average molecular weight is 236 g/mol. The predicted molar refractivity (Wildman–Crippen MR) is 67.6 cm³/mol. The third-order valence-corrected chi connectivity index (χ3v) is 2.93. The molecule has 4 heteroatoms. The van der Waals surface area contributed by atoms with Crippen molar-refractivity contribution in [1.82, 2.24) is 5.32 Å². The number of nitrogens with two attached hydrogens (primary N) is 1. The summed E-state index contributed by atoms with van der Waals surface area (Å²) in [5.74, 6) is -0.700. The summed E-state index contributed by atoms with van der Waals surface area (Å²) in [4.78, 5) is 10.6. The fourth-order valence-corrected chi connectivity index (χ4v) is 1.65. The fourth-order valence-electron chi connectivity index (χ4n) is 1.65. The molecule has 1 unspecified atom stereocenters. The lowest BCUT2D eigenvalue weighted by atomic mass is 10.0. The van der Waals surface area contributed by atoms with Crippen molar-refractivity contribution in [3.63, 3.8) is 0 Å². The van der Waals surface area contributed by atoms with E-state index in [0.29, 0.717) is 6.54 Å². The number of hydrogen-bond donors (Lipinski definition) is 3. The zero-order valence-electron chi connectivity index (χ0n) is 10.6. The van der Waals surface area contributed by atoms with E-state index in [1.807, 2.05) is 6.92 Å². The topological polar surface area (TPSA) is 75.3 Å². The van der Waals surface area contributed by atoms with E-state index in [4.69, 9.17) is 5.73 Å². The number of carbonyl (C=O) groups excluding carboxylic acids is 1. The summed E-state index contributed by atoms with van der Waals surface area (Å²) in [7, 11) is 0. The molecule has 0 fully saturated rings. The number of aliphatic hydroxyl groups is 1. The third-order valence-electron chi connectivity index (χ3n) is 2.93. The molecule has 0 saturated heterocycles. The van der Waals surface area contributed by atoms with Crippen LogP contribution >= 0.6 is 0 Å². The van der Waals surface area contributed by atoms with E-state index in [2.05, 4.69) is 31.3 Å². The zero-order valence-corrected chi connectivity index (χ0v) is 10.6. The maximum atomic E-state index is 10.6. The van der Waals surface area contributed by atoms with Crippen molar-refractivity contribution in [3.8, 4) is 0 Å². The Morgan fingerprint density at radius 2 is 1.88 bits per heavy atom. The molecule has 0 saturated carbocycles. The first-order chi connectivity index (χ1) is 7.91. The zero-order chi connectivity index (χ0) is 13.0. The normalized spacial score (nSPS) is 12.5. The number of benzene rings is 1. The predicted octanol–water partition coefficient (Wildman–Crippen LogP) is 0.548. The minimum Gasteiger partial charge on any atom is -0.382 e. The maximum absolute atomic E-state index is 10.6. The van der Waals surface area contributed by atoms with Gasteiger partial charge in [0, 0.05) is 13.1 Å². The van der Waals surface area contributed by atoms with Crippen LogP contribution in [-0.2, 0) is 11.3 Å². The van der Waals surface area contributed by atoms with Gasteiger partial charge in [0.25, 0.3) is 0 Å². The summed E-state index contributed by atoms with van der Waals surface area (Å²) < 4.78 is 0. The standard InChI is InChI=1S/C13H20N2O2/c1-8-4-10(3)11(5-9(8)2)6-15-7-12(16)13(14)17/h4-5,12,15-16H,6-7H2,1-3H3,(H2,14,17). The molecule has 1 amide bonds. The molecule has 0 bridgehead atoms. The second-order valence-corrected chi connectivity index (χ2v) is 4.41. The van der Waals surface area contributed by atoms with Crippen molar-refractivity contribution < 1.29 is 9.90 Å². The molecule has 0 aliphatic rings. The number of aliphatic hydroxyl groups excluding tert-OH is 1. The van der Waals surface area contributed by atoms with Crippen LogP contribution in [0.25, 0.3) is 0 Å². The van der Waals surface area contributed by atoms with Crippen LogP contribution in [0, 0.1) is 20.8 Å². The molecular weight excluding hydrogens is 216 g/mol. The Hall–Kier alpha value is -1.39. The van der Waals surface area contributed by atoms with Crippen molar-refractivity contribution in [3.05, 3.63) is 34.4 Å². The molecule has 0 aromatic heterocycles. The van der Waals surface area contributed by atoms with Gasteiger partial charge >= 0.3 is 0 Å². The summed E-state index contributed by atoms with van der Waals surface area (Å²) in [5, 5.41) is 12.3. The number of rotatable bonds is 5. The molecular formula is C13H20N2O2. The lowest BCUT2D eigenvalue weighted by Gasteiger charge is -2.12. The van der Waals surface area contributed by atoms with Crippen molar-refractivity contribution in [2.75, 3.05) is 6.54 Å². The van der Waals surface area contributed by atoms with E-state index in [9.17, 15) is 9.90 Å². The molecule has 0 radical (unpaired) electrons. The molecule has 17 heavy (non-hydrogen) atoms. The largest absolute Gasteiger partial charge is 0.382 e. The number of nitrogens with one attached hydrogen (secondary N) is 1. The van der Waals surface area contributed by atoms with Crippen molar-refractivity contribution in [2.45, 2.75) is 33.4 Å². The summed E-state index contributed by atoms with van der Waals surface area (Å²) in [6, 6.07) is 4.26. The number of aryl methyl sites for hydroxylation is 3. The highest BCUT2D eigenvalue weighted by Crippen LogP contribution is 2.14. The Balaban J connectivity index is 2.58. The van der Waals surface area contributed by atoms with Gasteiger partial charge in [-0.05, 0) is 43.0 Å². The van der Waals surface area contributed by atoms with Crippen LogP contribution in [-0.4, -0.2) is 23.7 Å². The first kappa shape index (κ1) is 13.7. The Morgan fingerprint density at radius 1 is 1.29 bits per heavy atom. The van der Waals surface area contributed by atoms with Gasteiger partial charge in [0.2, 0.25) is 5.91 Å². The van der Waals surface area contributed by atoms with E-state index in [-0.39, 0.29) is 6.54 Å². The number of amides is 1. The minimum absolute atomic E-state index is 0.182. The summed E-state index contributed by atoms with van der Waals surface area (Å²) in [6.45, 7) is 7.00. The van der Waals surface area contributed by atoms with Crippen molar-refractivity contribution >= 4 is 5.91 Å². The first-order valence-corrected chi connectivity index (χ1v) is 5.66. The van der Waals surface area contributed by atoms with Crippen LogP contribution in [0.2, 0.25) is 0 Å². The fraction of sp³-hybridized carbons (Fsp3) is 0.462. The molecule has 1 atom stereocenters. The molecule has 4 nitrogen and oxygen atoms in total. The van der Waals surface area contributed by atoms with Gasteiger partial charge in [-0.3, -0.25) is 4.79 Å². The van der Waals surface area contributed by atoms with Gasteiger partial charge in [0.1, 0.15) is 6.10 Å². The molecule has 4 N–H and O–H groups in total. The van der Waals surface area contributed by atoms with Gasteiger partial charge in [-0.15, -0.1) is 0 Å². The molecule has 0 spiro atoms. The smallest absolute Gasteiger partial charge is 0.247 e. The van der Waals surface area contributed by atoms with Crippen LogP contribution in [0.1, 0.15) is 22.3 Å². The lowest BCUT2D eigenvalue weighted by Crippen LogP contribution is -2.37. The highest BCUT2D eigenvalue weighted by atomic mass is 16.3. The average Bonchev–Trinajstić information content (AvgIpc) is 2.25. The molecule has 0 heterocycles. The van der Waals surface area contributed by atoms with Crippen LogP contribution in [0.3, 0.4) is 0 Å². The number of carbonyl (C=O) groups is 1. The quantitative estimate of drug-likeness (QED) is 0.698. The molecule has 1 aromatic carbocycles.